The number of rotatable bonds is 6. The lowest BCUT2D eigenvalue weighted by Gasteiger charge is -2.08. The summed E-state index contributed by atoms with van der Waals surface area (Å²) in [6, 6.07) is 11.0. The monoisotopic (exact) mass is 368 g/mol. The zero-order chi connectivity index (χ0) is 19.4. The number of benzene rings is 2. The SMILES string of the molecule is COc1ccc(-c2[nH][nH]c(=O)c2N=Nc2ccc(C(=O)O)cc2)cc1OC. The van der Waals surface area contributed by atoms with Gasteiger partial charge in [0.05, 0.1) is 31.2 Å². The van der Waals surface area contributed by atoms with E-state index in [4.69, 9.17) is 14.6 Å². The number of aromatic nitrogens is 2. The Morgan fingerprint density at radius 1 is 0.963 bits per heavy atom. The van der Waals surface area contributed by atoms with E-state index in [-0.39, 0.29) is 11.3 Å². The first kappa shape index (κ1) is 17.9. The molecule has 1 aromatic heterocycles. The fourth-order valence-corrected chi connectivity index (χ4v) is 2.43. The largest absolute Gasteiger partial charge is 0.493 e. The van der Waals surface area contributed by atoms with Gasteiger partial charge >= 0.3 is 5.97 Å². The van der Waals surface area contributed by atoms with Gasteiger partial charge in [-0.05, 0) is 42.5 Å². The summed E-state index contributed by atoms with van der Waals surface area (Å²) in [5, 5.41) is 22.2. The topological polar surface area (TPSA) is 129 Å². The highest BCUT2D eigenvalue weighted by atomic mass is 16.5. The van der Waals surface area contributed by atoms with Crippen LogP contribution in [0.5, 0.6) is 11.5 Å². The molecule has 9 nitrogen and oxygen atoms in total. The van der Waals surface area contributed by atoms with Crippen molar-refractivity contribution in [2.24, 2.45) is 10.2 Å². The van der Waals surface area contributed by atoms with Crippen LogP contribution in [-0.2, 0) is 0 Å². The number of aromatic carboxylic acids is 1. The van der Waals surface area contributed by atoms with E-state index in [1.165, 1.54) is 38.5 Å². The van der Waals surface area contributed by atoms with E-state index in [1.807, 2.05) is 0 Å². The zero-order valence-corrected chi connectivity index (χ0v) is 14.5. The number of carboxylic acid groups (broad SMARTS) is 1. The molecule has 0 bridgehead atoms. The van der Waals surface area contributed by atoms with Crippen molar-refractivity contribution in [1.29, 1.82) is 0 Å². The molecule has 27 heavy (non-hydrogen) atoms. The first-order chi connectivity index (χ1) is 13.0. The molecular weight excluding hydrogens is 352 g/mol. The molecule has 3 N–H and O–H groups in total. The number of hydrogen-bond donors (Lipinski definition) is 3. The normalized spacial score (nSPS) is 10.9. The number of ether oxygens (including phenoxy) is 2. The molecule has 0 atom stereocenters. The lowest BCUT2D eigenvalue weighted by molar-refractivity contribution is 0.0697. The Labute approximate surface area is 153 Å². The van der Waals surface area contributed by atoms with Crippen molar-refractivity contribution in [3.63, 3.8) is 0 Å². The van der Waals surface area contributed by atoms with E-state index in [0.29, 0.717) is 28.4 Å². The molecule has 0 aliphatic heterocycles. The van der Waals surface area contributed by atoms with Crippen LogP contribution in [-0.4, -0.2) is 35.5 Å². The van der Waals surface area contributed by atoms with Crippen molar-refractivity contribution in [3.05, 3.63) is 58.4 Å². The fraction of sp³-hybridized carbons (Fsp3) is 0.111. The van der Waals surface area contributed by atoms with Crippen LogP contribution in [0.3, 0.4) is 0 Å². The number of hydrogen-bond acceptors (Lipinski definition) is 6. The standard InChI is InChI=1S/C18H16N4O5/c1-26-13-8-5-11(9-14(13)27-2)15-16(17(23)22-20-15)21-19-12-6-3-10(4-7-12)18(24)25/h3-9H,1-2H3,(H,24,25)(H2,20,22,23). The van der Waals surface area contributed by atoms with Crippen molar-refractivity contribution in [3.8, 4) is 22.8 Å². The van der Waals surface area contributed by atoms with Crippen LogP contribution in [0.15, 0.2) is 57.5 Å². The molecule has 0 spiro atoms. The van der Waals surface area contributed by atoms with Gasteiger partial charge in [0.1, 0.15) is 0 Å². The van der Waals surface area contributed by atoms with E-state index >= 15 is 0 Å². The van der Waals surface area contributed by atoms with Crippen molar-refractivity contribution < 1.29 is 19.4 Å². The second-order valence-electron chi connectivity index (χ2n) is 5.42. The molecule has 0 unspecified atom stereocenters. The van der Waals surface area contributed by atoms with Crippen LogP contribution >= 0.6 is 0 Å². The molecule has 1 heterocycles. The number of methoxy groups -OCH3 is 2. The minimum Gasteiger partial charge on any atom is -0.493 e. The summed E-state index contributed by atoms with van der Waals surface area (Å²) in [4.78, 5) is 23.0. The minimum absolute atomic E-state index is 0.0875. The first-order valence-electron chi connectivity index (χ1n) is 7.81. The van der Waals surface area contributed by atoms with E-state index in [9.17, 15) is 9.59 Å². The lowest BCUT2D eigenvalue weighted by Crippen LogP contribution is -1.96. The molecule has 0 aliphatic carbocycles. The Hall–Kier alpha value is -3.88. The predicted octanol–water partition coefficient (Wildman–Crippen LogP) is 3.50. The Bertz CT molecular complexity index is 1050. The van der Waals surface area contributed by atoms with Gasteiger partial charge in [0.15, 0.2) is 17.2 Å². The van der Waals surface area contributed by atoms with Crippen LogP contribution in [0.2, 0.25) is 0 Å². The maximum atomic E-state index is 12.1. The Morgan fingerprint density at radius 3 is 2.30 bits per heavy atom. The van der Waals surface area contributed by atoms with E-state index in [1.54, 1.807) is 18.2 Å². The minimum atomic E-state index is -1.03. The smallest absolute Gasteiger partial charge is 0.335 e. The molecule has 0 aliphatic rings. The van der Waals surface area contributed by atoms with Crippen LogP contribution in [0.4, 0.5) is 11.4 Å². The van der Waals surface area contributed by atoms with Crippen molar-refractivity contribution in [2.75, 3.05) is 14.2 Å². The summed E-state index contributed by atoms with van der Waals surface area (Å²) in [5.41, 5.74) is 1.29. The van der Waals surface area contributed by atoms with E-state index in [0.717, 1.165) is 0 Å². The quantitative estimate of drug-likeness (QED) is 0.573. The molecule has 0 fully saturated rings. The van der Waals surface area contributed by atoms with Crippen molar-refractivity contribution in [1.82, 2.24) is 10.2 Å². The van der Waals surface area contributed by atoms with Gasteiger partial charge in [0.25, 0.3) is 5.56 Å². The molecule has 3 aromatic rings. The van der Waals surface area contributed by atoms with Gasteiger partial charge in [-0.2, -0.15) is 5.11 Å². The molecule has 0 radical (unpaired) electrons. The molecule has 2 aromatic carbocycles. The maximum absolute atomic E-state index is 12.1. The molecule has 138 valence electrons. The molecular formula is C18H16N4O5. The third-order valence-corrected chi connectivity index (χ3v) is 3.80. The van der Waals surface area contributed by atoms with E-state index < -0.39 is 11.5 Å². The van der Waals surface area contributed by atoms with Gasteiger partial charge in [-0.25, -0.2) is 4.79 Å². The Morgan fingerprint density at radius 2 is 1.67 bits per heavy atom. The van der Waals surface area contributed by atoms with Crippen molar-refractivity contribution >= 4 is 17.3 Å². The summed E-state index contributed by atoms with van der Waals surface area (Å²) in [6.07, 6.45) is 0. The summed E-state index contributed by atoms with van der Waals surface area (Å²) < 4.78 is 10.5. The number of aromatic amines is 2. The number of azo groups is 1. The maximum Gasteiger partial charge on any atom is 0.335 e. The third-order valence-electron chi connectivity index (χ3n) is 3.80. The molecule has 9 heteroatoms. The lowest BCUT2D eigenvalue weighted by atomic mass is 10.1. The summed E-state index contributed by atoms with van der Waals surface area (Å²) in [5.74, 6) is 0.0290. The molecule has 3 rings (SSSR count). The molecule has 0 amide bonds. The van der Waals surface area contributed by atoms with Gasteiger partial charge in [-0.3, -0.25) is 15.0 Å². The van der Waals surface area contributed by atoms with Crippen molar-refractivity contribution in [2.45, 2.75) is 0 Å². The Kier molecular flexibility index (Phi) is 5.02. The highest BCUT2D eigenvalue weighted by Crippen LogP contribution is 2.34. The van der Waals surface area contributed by atoms with Crippen LogP contribution in [0.1, 0.15) is 10.4 Å². The van der Waals surface area contributed by atoms with Crippen LogP contribution in [0, 0.1) is 0 Å². The molecule has 0 saturated heterocycles. The van der Waals surface area contributed by atoms with Gasteiger partial charge < -0.3 is 14.6 Å². The highest BCUT2D eigenvalue weighted by molar-refractivity contribution is 5.87. The van der Waals surface area contributed by atoms with Gasteiger partial charge in [-0.15, -0.1) is 5.11 Å². The number of carboxylic acids is 1. The number of carbonyl (C=O) groups is 1. The zero-order valence-electron chi connectivity index (χ0n) is 14.5. The number of nitrogens with zero attached hydrogens (tertiary/aromatic N) is 2. The van der Waals surface area contributed by atoms with E-state index in [2.05, 4.69) is 20.4 Å². The van der Waals surface area contributed by atoms with Gasteiger partial charge in [-0.1, -0.05) is 0 Å². The average Bonchev–Trinajstić information content (AvgIpc) is 3.06. The summed E-state index contributed by atoms with van der Waals surface area (Å²) >= 11 is 0. The number of H-pyrrole nitrogens is 2. The predicted molar refractivity (Wildman–Crippen MR) is 97.5 cm³/mol. The summed E-state index contributed by atoms with van der Waals surface area (Å²) in [7, 11) is 3.05. The first-order valence-corrected chi connectivity index (χ1v) is 7.81. The van der Waals surface area contributed by atoms with Gasteiger partial charge in [0, 0.05) is 5.56 Å². The average molecular weight is 368 g/mol. The highest BCUT2D eigenvalue weighted by Gasteiger charge is 2.14. The molecule has 0 saturated carbocycles. The fourth-order valence-electron chi connectivity index (χ4n) is 2.43. The Balaban J connectivity index is 1.95. The number of nitrogens with one attached hydrogen (secondary N) is 2. The second-order valence-corrected chi connectivity index (χ2v) is 5.42. The third kappa shape index (κ3) is 3.71. The van der Waals surface area contributed by atoms with Gasteiger partial charge in [0.2, 0.25) is 0 Å². The van der Waals surface area contributed by atoms with Crippen LogP contribution < -0.4 is 15.0 Å². The second kappa shape index (κ2) is 7.56. The summed E-state index contributed by atoms with van der Waals surface area (Å²) in [6.45, 7) is 0. The van der Waals surface area contributed by atoms with Crippen LogP contribution in [0.25, 0.3) is 11.3 Å².